The minimum Gasteiger partial charge on any atom is -0.382 e. The summed E-state index contributed by atoms with van der Waals surface area (Å²) < 4.78 is 10.4. The summed E-state index contributed by atoms with van der Waals surface area (Å²) in [6, 6.07) is 6.84. The molecule has 0 aromatic heterocycles. The Kier molecular flexibility index (Phi) is 7.00. The number of nitrogens with zero attached hydrogens (tertiary/aromatic N) is 1. The molecule has 118 valence electrons. The standard InChI is InChI=1S/C17H28N2O2/c1-19-9-7-16-13-15(5-6-17(16)19)14-18-8-3-4-10-21-12-11-20-2/h5-6,13,18H,3-4,7-12,14H2,1-2H3. The fourth-order valence-corrected chi connectivity index (χ4v) is 2.66. The predicted octanol–water partition coefficient (Wildman–Crippen LogP) is 2.21. The second-order valence-electron chi connectivity index (χ2n) is 5.62. The summed E-state index contributed by atoms with van der Waals surface area (Å²) in [5, 5.41) is 3.51. The van der Waals surface area contributed by atoms with Gasteiger partial charge in [0, 0.05) is 39.5 Å². The van der Waals surface area contributed by atoms with Crippen LogP contribution in [0.1, 0.15) is 24.0 Å². The third-order valence-corrected chi connectivity index (χ3v) is 3.92. The number of nitrogens with one attached hydrogen (secondary N) is 1. The Bertz CT molecular complexity index is 423. The highest BCUT2D eigenvalue weighted by Gasteiger charge is 2.15. The number of benzene rings is 1. The van der Waals surface area contributed by atoms with Crippen LogP contribution < -0.4 is 10.2 Å². The first kappa shape index (κ1) is 16.3. The largest absolute Gasteiger partial charge is 0.382 e. The molecular weight excluding hydrogens is 264 g/mol. The second-order valence-corrected chi connectivity index (χ2v) is 5.62. The van der Waals surface area contributed by atoms with Crippen LogP contribution in [0.15, 0.2) is 18.2 Å². The van der Waals surface area contributed by atoms with Crippen LogP contribution in [0, 0.1) is 0 Å². The summed E-state index contributed by atoms with van der Waals surface area (Å²) in [4.78, 5) is 2.33. The van der Waals surface area contributed by atoms with E-state index in [1.807, 2.05) is 0 Å². The monoisotopic (exact) mass is 292 g/mol. The highest BCUT2D eigenvalue weighted by atomic mass is 16.5. The van der Waals surface area contributed by atoms with Crippen LogP contribution in [0.25, 0.3) is 0 Å². The van der Waals surface area contributed by atoms with Crippen molar-refractivity contribution in [2.75, 3.05) is 52.0 Å². The van der Waals surface area contributed by atoms with Crippen molar-refractivity contribution < 1.29 is 9.47 Å². The molecule has 0 saturated carbocycles. The molecule has 1 aromatic carbocycles. The van der Waals surface area contributed by atoms with E-state index in [-0.39, 0.29) is 0 Å². The van der Waals surface area contributed by atoms with Crippen molar-refractivity contribution >= 4 is 5.69 Å². The number of unbranched alkanes of at least 4 members (excludes halogenated alkanes) is 1. The number of fused-ring (bicyclic) bond motifs is 1. The molecule has 2 rings (SSSR count). The summed E-state index contributed by atoms with van der Waals surface area (Å²) in [7, 11) is 3.86. The molecule has 0 unspecified atom stereocenters. The molecule has 21 heavy (non-hydrogen) atoms. The van der Waals surface area contributed by atoms with E-state index in [0.29, 0.717) is 13.2 Å². The molecule has 0 saturated heterocycles. The highest BCUT2D eigenvalue weighted by Crippen LogP contribution is 2.27. The molecule has 1 aliphatic rings. The smallest absolute Gasteiger partial charge is 0.0700 e. The van der Waals surface area contributed by atoms with Gasteiger partial charge in [-0.25, -0.2) is 0 Å². The average molecular weight is 292 g/mol. The molecule has 1 aromatic rings. The number of likely N-dealkylation sites (N-methyl/N-ethyl adjacent to an activating group) is 1. The van der Waals surface area contributed by atoms with E-state index in [1.54, 1.807) is 7.11 Å². The molecule has 0 aliphatic carbocycles. The van der Waals surface area contributed by atoms with Gasteiger partial charge in [-0.3, -0.25) is 0 Å². The predicted molar refractivity (Wildman–Crippen MR) is 87.1 cm³/mol. The Morgan fingerprint density at radius 3 is 2.95 bits per heavy atom. The molecule has 0 spiro atoms. The zero-order valence-electron chi connectivity index (χ0n) is 13.4. The summed E-state index contributed by atoms with van der Waals surface area (Å²) in [6.07, 6.45) is 3.44. The van der Waals surface area contributed by atoms with Gasteiger partial charge < -0.3 is 19.7 Å². The maximum Gasteiger partial charge on any atom is 0.0700 e. The van der Waals surface area contributed by atoms with Crippen LogP contribution in [0.2, 0.25) is 0 Å². The average Bonchev–Trinajstić information content (AvgIpc) is 2.86. The SMILES string of the molecule is COCCOCCCCNCc1ccc2c(c1)CCN2C. The molecule has 1 heterocycles. The molecule has 1 aliphatic heterocycles. The maximum atomic E-state index is 5.44. The van der Waals surface area contributed by atoms with Gasteiger partial charge in [0.1, 0.15) is 0 Å². The zero-order chi connectivity index (χ0) is 14.9. The van der Waals surface area contributed by atoms with Crippen molar-refractivity contribution in [1.29, 1.82) is 0 Å². The molecule has 0 bridgehead atoms. The number of rotatable bonds is 10. The van der Waals surface area contributed by atoms with Gasteiger partial charge in [0.25, 0.3) is 0 Å². The fraction of sp³-hybridized carbons (Fsp3) is 0.647. The van der Waals surface area contributed by atoms with Crippen molar-refractivity contribution in [3.8, 4) is 0 Å². The van der Waals surface area contributed by atoms with Crippen LogP contribution >= 0.6 is 0 Å². The van der Waals surface area contributed by atoms with Gasteiger partial charge in [-0.2, -0.15) is 0 Å². The lowest BCUT2D eigenvalue weighted by molar-refractivity contribution is 0.0688. The van der Waals surface area contributed by atoms with Crippen molar-refractivity contribution in [2.24, 2.45) is 0 Å². The van der Waals surface area contributed by atoms with Crippen LogP contribution in [-0.2, 0) is 22.4 Å². The summed E-state index contributed by atoms with van der Waals surface area (Å²) in [5.74, 6) is 0. The minimum absolute atomic E-state index is 0.686. The van der Waals surface area contributed by atoms with Crippen LogP contribution in [0.3, 0.4) is 0 Å². The fourth-order valence-electron chi connectivity index (χ4n) is 2.66. The second kappa shape index (κ2) is 9.03. The molecule has 0 amide bonds. The lowest BCUT2D eigenvalue weighted by Crippen LogP contribution is -2.15. The van der Waals surface area contributed by atoms with E-state index < -0.39 is 0 Å². The maximum absolute atomic E-state index is 5.44. The summed E-state index contributed by atoms with van der Waals surface area (Å²) in [5.41, 5.74) is 4.27. The number of anilines is 1. The van der Waals surface area contributed by atoms with Gasteiger partial charge in [-0.15, -0.1) is 0 Å². The lowest BCUT2D eigenvalue weighted by atomic mass is 10.1. The van der Waals surface area contributed by atoms with Gasteiger partial charge in [-0.1, -0.05) is 12.1 Å². The summed E-state index contributed by atoms with van der Waals surface area (Å²) in [6.45, 7) is 5.37. The Morgan fingerprint density at radius 2 is 2.10 bits per heavy atom. The molecule has 0 radical (unpaired) electrons. The Balaban J connectivity index is 1.55. The Labute approximate surface area is 128 Å². The van der Waals surface area contributed by atoms with E-state index in [9.17, 15) is 0 Å². The molecular formula is C17H28N2O2. The van der Waals surface area contributed by atoms with Crippen molar-refractivity contribution in [1.82, 2.24) is 5.32 Å². The number of hydrogen-bond acceptors (Lipinski definition) is 4. The van der Waals surface area contributed by atoms with E-state index in [0.717, 1.165) is 39.1 Å². The number of hydrogen-bond donors (Lipinski definition) is 1. The van der Waals surface area contributed by atoms with Crippen LogP contribution in [-0.4, -0.2) is 47.1 Å². The first-order chi connectivity index (χ1) is 10.3. The molecule has 4 nitrogen and oxygen atoms in total. The van der Waals surface area contributed by atoms with E-state index in [2.05, 4.69) is 35.5 Å². The highest BCUT2D eigenvalue weighted by molar-refractivity contribution is 5.58. The van der Waals surface area contributed by atoms with E-state index >= 15 is 0 Å². The molecule has 0 atom stereocenters. The van der Waals surface area contributed by atoms with Gasteiger partial charge in [0.2, 0.25) is 0 Å². The molecule has 4 heteroatoms. The van der Waals surface area contributed by atoms with Gasteiger partial charge in [-0.05, 0) is 43.0 Å². The van der Waals surface area contributed by atoms with E-state index in [1.165, 1.54) is 23.2 Å². The van der Waals surface area contributed by atoms with E-state index in [4.69, 9.17) is 9.47 Å². The summed E-state index contributed by atoms with van der Waals surface area (Å²) >= 11 is 0. The Hall–Kier alpha value is -1.10. The first-order valence-electron chi connectivity index (χ1n) is 7.91. The number of methoxy groups -OCH3 is 1. The third-order valence-electron chi connectivity index (χ3n) is 3.92. The third kappa shape index (κ3) is 5.30. The van der Waals surface area contributed by atoms with Gasteiger partial charge in [0.05, 0.1) is 13.2 Å². The number of ether oxygens (including phenoxy) is 2. The van der Waals surface area contributed by atoms with Gasteiger partial charge >= 0.3 is 0 Å². The first-order valence-corrected chi connectivity index (χ1v) is 7.91. The molecule has 1 N–H and O–H groups in total. The van der Waals surface area contributed by atoms with Crippen LogP contribution in [0.5, 0.6) is 0 Å². The van der Waals surface area contributed by atoms with Crippen LogP contribution in [0.4, 0.5) is 5.69 Å². The Morgan fingerprint density at radius 1 is 1.19 bits per heavy atom. The quantitative estimate of drug-likeness (QED) is 0.670. The topological polar surface area (TPSA) is 33.7 Å². The molecule has 0 fully saturated rings. The zero-order valence-corrected chi connectivity index (χ0v) is 13.4. The van der Waals surface area contributed by atoms with Crippen molar-refractivity contribution in [3.05, 3.63) is 29.3 Å². The van der Waals surface area contributed by atoms with Crippen molar-refractivity contribution in [2.45, 2.75) is 25.8 Å². The lowest BCUT2D eigenvalue weighted by Gasteiger charge is -2.12. The normalized spacial score (nSPS) is 13.7. The van der Waals surface area contributed by atoms with Crippen molar-refractivity contribution in [3.63, 3.8) is 0 Å². The minimum atomic E-state index is 0.686. The van der Waals surface area contributed by atoms with Gasteiger partial charge in [0.15, 0.2) is 0 Å².